The first kappa shape index (κ1) is 17.5. The number of nitrogens with zero attached hydrogens (tertiary/aromatic N) is 2. The highest BCUT2D eigenvalue weighted by Gasteiger charge is 2.11. The zero-order chi connectivity index (χ0) is 18.5. The van der Waals surface area contributed by atoms with Crippen LogP contribution >= 0.6 is 0 Å². The first-order chi connectivity index (χ1) is 12.5. The van der Waals surface area contributed by atoms with Gasteiger partial charge in [-0.05, 0) is 43.7 Å². The van der Waals surface area contributed by atoms with Gasteiger partial charge in [0.2, 0.25) is 0 Å². The van der Waals surface area contributed by atoms with E-state index in [1.54, 1.807) is 13.0 Å². The number of amides is 1. The standard InChI is InChI=1S/C20H19FN4O/c1-13-3-5-15(6-4-13)12-22-19-11-18(23-14(2)24-19)20(26)25-17-9-7-16(21)8-10-17/h3-11H,12H2,1-2H3,(H,25,26)(H,22,23,24). The van der Waals surface area contributed by atoms with Crippen LogP contribution in [0.15, 0.2) is 54.6 Å². The summed E-state index contributed by atoms with van der Waals surface area (Å²) in [7, 11) is 0. The number of halogens is 1. The van der Waals surface area contributed by atoms with Crippen molar-refractivity contribution in [1.82, 2.24) is 9.97 Å². The third-order valence-corrected chi connectivity index (χ3v) is 3.77. The van der Waals surface area contributed by atoms with E-state index in [9.17, 15) is 9.18 Å². The molecular formula is C20H19FN4O. The van der Waals surface area contributed by atoms with Crippen molar-refractivity contribution >= 4 is 17.4 Å². The summed E-state index contributed by atoms with van der Waals surface area (Å²) in [6.07, 6.45) is 0. The molecule has 132 valence electrons. The van der Waals surface area contributed by atoms with Gasteiger partial charge >= 0.3 is 0 Å². The Morgan fingerprint density at radius 1 is 1.00 bits per heavy atom. The smallest absolute Gasteiger partial charge is 0.274 e. The second-order valence-corrected chi connectivity index (χ2v) is 5.99. The van der Waals surface area contributed by atoms with E-state index in [4.69, 9.17) is 0 Å². The first-order valence-electron chi connectivity index (χ1n) is 8.21. The Morgan fingerprint density at radius 2 is 1.69 bits per heavy atom. The zero-order valence-electron chi connectivity index (χ0n) is 14.6. The monoisotopic (exact) mass is 350 g/mol. The van der Waals surface area contributed by atoms with Crippen LogP contribution in [-0.4, -0.2) is 15.9 Å². The Bertz CT molecular complexity index is 908. The maximum Gasteiger partial charge on any atom is 0.274 e. The van der Waals surface area contributed by atoms with Crippen LogP contribution in [0.25, 0.3) is 0 Å². The number of hydrogen-bond donors (Lipinski definition) is 2. The van der Waals surface area contributed by atoms with Crippen LogP contribution in [0.2, 0.25) is 0 Å². The molecule has 0 aliphatic rings. The summed E-state index contributed by atoms with van der Waals surface area (Å²) in [5.41, 5.74) is 3.06. The average molecular weight is 350 g/mol. The fourth-order valence-corrected chi connectivity index (χ4v) is 2.40. The predicted octanol–water partition coefficient (Wildman–Crippen LogP) is 4.10. The Hall–Kier alpha value is -3.28. The molecule has 0 aliphatic carbocycles. The highest BCUT2D eigenvalue weighted by molar-refractivity contribution is 6.03. The van der Waals surface area contributed by atoms with Crippen LogP contribution in [0.4, 0.5) is 15.9 Å². The van der Waals surface area contributed by atoms with E-state index in [1.165, 1.54) is 29.8 Å². The molecule has 0 bridgehead atoms. The number of rotatable bonds is 5. The van der Waals surface area contributed by atoms with E-state index in [0.29, 0.717) is 23.9 Å². The number of carbonyl (C=O) groups is 1. The fraction of sp³-hybridized carbons (Fsp3) is 0.150. The van der Waals surface area contributed by atoms with E-state index in [0.717, 1.165) is 5.56 Å². The number of aryl methyl sites for hydroxylation is 2. The van der Waals surface area contributed by atoms with Gasteiger partial charge in [0.1, 0.15) is 23.2 Å². The van der Waals surface area contributed by atoms with Gasteiger partial charge in [-0.3, -0.25) is 4.79 Å². The van der Waals surface area contributed by atoms with E-state index < -0.39 is 0 Å². The second-order valence-electron chi connectivity index (χ2n) is 5.99. The quantitative estimate of drug-likeness (QED) is 0.727. The molecule has 0 atom stereocenters. The summed E-state index contributed by atoms with van der Waals surface area (Å²) in [6.45, 7) is 4.36. The van der Waals surface area contributed by atoms with Gasteiger partial charge in [-0.15, -0.1) is 0 Å². The van der Waals surface area contributed by atoms with Crippen molar-refractivity contribution in [2.75, 3.05) is 10.6 Å². The molecule has 1 heterocycles. The van der Waals surface area contributed by atoms with Crippen molar-refractivity contribution in [3.8, 4) is 0 Å². The van der Waals surface area contributed by atoms with Gasteiger partial charge in [0, 0.05) is 18.3 Å². The Balaban J connectivity index is 1.71. The molecule has 0 unspecified atom stereocenters. The molecule has 2 aromatic carbocycles. The predicted molar refractivity (Wildman–Crippen MR) is 99.6 cm³/mol. The normalized spacial score (nSPS) is 10.4. The topological polar surface area (TPSA) is 66.9 Å². The minimum absolute atomic E-state index is 0.244. The number of carbonyl (C=O) groups excluding carboxylic acids is 1. The maximum absolute atomic E-state index is 13.0. The van der Waals surface area contributed by atoms with E-state index in [-0.39, 0.29) is 17.4 Å². The largest absolute Gasteiger partial charge is 0.366 e. The highest BCUT2D eigenvalue weighted by atomic mass is 19.1. The number of benzene rings is 2. The van der Waals surface area contributed by atoms with Crippen molar-refractivity contribution in [2.45, 2.75) is 20.4 Å². The number of anilines is 2. The van der Waals surface area contributed by atoms with Crippen molar-refractivity contribution in [2.24, 2.45) is 0 Å². The molecule has 1 amide bonds. The Kier molecular flexibility index (Phi) is 5.22. The van der Waals surface area contributed by atoms with Crippen LogP contribution in [-0.2, 0) is 6.54 Å². The van der Waals surface area contributed by atoms with E-state index in [2.05, 4.69) is 20.6 Å². The summed E-state index contributed by atoms with van der Waals surface area (Å²) in [5.74, 6) is 0.328. The summed E-state index contributed by atoms with van der Waals surface area (Å²) in [5, 5.41) is 5.90. The van der Waals surface area contributed by atoms with Gasteiger partial charge in [0.15, 0.2) is 0 Å². The lowest BCUT2D eigenvalue weighted by Crippen LogP contribution is -2.15. The van der Waals surface area contributed by atoms with Gasteiger partial charge < -0.3 is 10.6 Å². The third kappa shape index (κ3) is 4.63. The molecule has 0 radical (unpaired) electrons. The maximum atomic E-state index is 13.0. The molecule has 0 aliphatic heterocycles. The lowest BCUT2D eigenvalue weighted by Gasteiger charge is -2.09. The van der Waals surface area contributed by atoms with Crippen LogP contribution in [0, 0.1) is 19.7 Å². The Labute approximate surface area is 151 Å². The molecule has 0 fully saturated rings. The molecule has 0 spiro atoms. The third-order valence-electron chi connectivity index (χ3n) is 3.77. The van der Waals surface area contributed by atoms with Gasteiger partial charge in [-0.1, -0.05) is 29.8 Å². The highest BCUT2D eigenvalue weighted by Crippen LogP contribution is 2.13. The van der Waals surface area contributed by atoms with Crippen LogP contribution < -0.4 is 10.6 Å². The minimum Gasteiger partial charge on any atom is -0.366 e. The van der Waals surface area contributed by atoms with Crippen LogP contribution in [0.5, 0.6) is 0 Å². The van der Waals surface area contributed by atoms with Crippen molar-refractivity contribution in [1.29, 1.82) is 0 Å². The number of nitrogens with one attached hydrogen (secondary N) is 2. The van der Waals surface area contributed by atoms with E-state index in [1.807, 2.05) is 31.2 Å². The summed E-state index contributed by atoms with van der Waals surface area (Å²) < 4.78 is 13.0. The molecule has 5 nitrogen and oxygen atoms in total. The Morgan fingerprint density at radius 3 is 2.38 bits per heavy atom. The van der Waals surface area contributed by atoms with Gasteiger partial charge in [-0.2, -0.15) is 0 Å². The van der Waals surface area contributed by atoms with E-state index >= 15 is 0 Å². The fourth-order valence-electron chi connectivity index (χ4n) is 2.40. The number of aromatic nitrogens is 2. The van der Waals surface area contributed by atoms with Crippen LogP contribution in [0.3, 0.4) is 0 Å². The van der Waals surface area contributed by atoms with Gasteiger partial charge in [0.25, 0.3) is 5.91 Å². The second kappa shape index (κ2) is 7.74. The summed E-state index contributed by atoms with van der Waals surface area (Å²) in [4.78, 5) is 20.9. The molecule has 2 N–H and O–H groups in total. The molecule has 3 rings (SSSR count). The van der Waals surface area contributed by atoms with Gasteiger partial charge in [-0.25, -0.2) is 14.4 Å². The first-order valence-corrected chi connectivity index (χ1v) is 8.21. The average Bonchev–Trinajstić information content (AvgIpc) is 2.63. The molecule has 0 saturated heterocycles. The SMILES string of the molecule is Cc1ccc(CNc2cc(C(=O)Nc3ccc(F)cc3)nc(C)n2)cc1. The lowest BCUT2D eigenvalue weighted by molar-refractivity contribution is 0.102. The zero-order valence-corrected chi connectivity index (χ0v) is 14.6. The molecule has 6 heteroatoms. The van der Waals surface area contributed by atoms with Crippen molar-refractivity contribution in [3.05, 3.63) is 83.1 Å². The van der Waals surface area contributed by atoms with Crippen molar-refractivity contribution < 1.29 is 9.18 Å². The minimum atomic E-state index is -0.375. The lowest BCUT2D eigenvalue weighted by atomic mass is 10.1. The van der Waals surface area contributed by atoms with Gasteiger partial charge in [0.05, 0.1) is 0 Å². The molecular weight excluding hydrogens is 331 g/mol. The molecule has 1 aromatic heterocycles. The summed E-state index contributed by atoms with van der Waals surface area (Å²) in [6, 6.07) is 15.3. The molecule has 3 aromatic rings. The van der Waals surface area contributed by atoms with Crippen LogP contribution in [0.1, 0.15) is 27.4 Å². The molecule has 26 heavy (non-hydrogen) atoms. The van der Waals surface area contributed by atoms with Crippen molar-refractivity contribution in [3.63, 3.8) is 0 Å². The molecule has 0 saturated carbocycles. The summed E-state index contributed by atoms with van der Waals surface area (Å²) >= 11 is 0. The number of hydrogen-bond acceptors (Lipinski definition) is 4.